The van der Waals surface area contributed by atoms with Crippen LogP contribution < -0.4 is 0 Å². The molecule has 0 saturated carbocycles. The highest BCUT2D eigenvalue weighted by atomic mass is 35.5. The fraction of sp³-hybridized carbons (Fsp3) is 0.423. The molecule has 3 nitrogen and oxygen atoms in total. The quantitative estimate of drug-likeness (QED) is 0.295. The first-order chi connectivity index (χ1) is 16.2. The van der Waals surface area contributed by atoms with Gasteiger partial charge in [0, 0.05) is 24.2 Å². The molecule has 0 aromatic carbocycles. The van der Waals surface area contributed by atoms with Crippen molar-refractivity contribution in [3.05, 3.63) is 87.4 Å². The van der Waals surface area contributed by atoms with Crippen molar-refractivity contribution in [2.75, 3.05) is 0 Å². The molecule has 0 saturated heterocycles. The molecule has 0 atom stereocenters. The molecule has 3 rings (SSSR count). The Balaban J connectivity index is -0.000000173. The lowest BCUT2D eigenvalue weighted by Gasteiger charge is -1.92. The van der Waals surface area contributed by atoms with Gasteiger partial charge < -0.3 is 0 Å². The van der Waals surface area contributed by atoms with Gasteiger partial charge in [-0.2, -0.15) is 0 Å². The third-order valence-corrected chi connectivity index (χ3v) is 3.29. The second kappa shape index (κ2) is 27.1. The van der Waals surface area contributed by atoms with Crippen molar-refractivity contribution < 1.29 is 13.2 Å². The minimum Gasteiger partial charge on any atom is -0.260 e. The van der Waals surface area contributed by atoms with Crippen LogP contribution in [0.3, 0.4) is 0 Å². The van der Waals surface area contributed by atoms with E-state index in [9.17, 15) is 13.2 Å². The van der Waals surface area contributed by atoms with Crippen molar-refractivity contribution in [1.82, 2.24) is 15.0 Å². The minimum atomic E-state index is -0.641. The molecule has 0 N–H and O–H groups in total. The van der Waals surface area contributed by atoms with Crippen LogP contribution in [0.2, 0.25) is 10.0 Å². The van der Waals surface area contributed by atoms with Gasteiger partial charge in [-0.3, -0.25) is 15.0 Å². The summed E-state index contributed by atoms with van der Waals surface area (Å²) < 4.78 is 36.8. The Hall–Kier alpha value is -2.18. The summed E-state index contributed by atoms with van der Waals surface area (Å²) in [6.45, 7) is 21.0. The average Bonchev–Trinajstić information content (AvgIpc) is 2.87. The SMILES string of the molecule is CC.CC.CC.CC.Cc1ccc(Cl)cn1.Cc1ncc(Cl)cc1F.Cc1ncc(F)cc1F. The van der Waals surface area contributed by atoms with Crippen LogP contribution in [0.1, 0.15) is 72.5 Å². The molecule has 0 aliphatic carbocycles. The van der Waals surface area contributed by atoms with E-state index >= 15 is 0 Å². The summed E-state index contributed by atoms with van der Waals surface area (Å²) in [6, 6.07) is 5.75. The van der Waals surface area contributed by atoms with E-state index in [1.54, 1.807) is 13.1 Å². The molecule has 0 fully saturated rings. The van der Waals surface area contributed by atoms with E-state index in [-0.39, 0.29) is 11.5 Å². The first kappa shape index (κ1) is 39.1. The Morgan fingerprint density at radius 2 is 0.971 bits per heavy atom. The normalized spacial score (nSPS) is 8.00. The van der Waals surface area contributed by atoms with E-state index in [0.29, 0.717) is 15.7 Å². The highest BCUT2D eigenvalue weighted by molar-refractivity contribution is 6.30. The van der Waals surface area contributed by atoms with Crippen molar-refractivity contribution in [2.24, 2.45) is 0 Å². The van der Waals surface area contributed by atoms with E-state index in [1.165, 1.54) is 19.2 Å². The molecule has 0 aliphatic heterocycles. The molecule has 3 heterocycles. The van der Waals surface area contributed by atoms with Crippen molar-refractivity contribution >= 4 is 23.2 Å². The standard InChI is InChI=1S/C6H5ClFN.C6H6ClN.C6H5F2N.4C2H6/c1-4-6(8)2-5(7)3-9-4;1-5-2-3-6(7)4-8-5;1-4-6(8)2-5(7)3-9-4;4*1-2/h2-3H,1H3;2-4H,1H3;2-3H,1H3;4*1-2H3. The molecular formula is C26H40Cl2F3N3. The van der Waals surface area contributed by atoms with Gasteiger partial charge in [-0.25, -0.2) is 13.2 Å². The van der Waals surface area contributed by atoms with Crippen LogP contribution >= 0.6 is 23.2 Å². The Bertz CT molecular complexity index is 777. The number of rotatable bonds is 0. The molecule has 0 amide bonds. The summed E-state index contributed by atoms with van der Waals surface area (Å²) in [6.07, 6.45) is 4.04. The maximum Gasteiger partial charge on any atom is 0.147 e. The number of aromatic nitrogens is 3. The fourth-order valence-corrected chi connectivity index (χ4v) is 1.67. The lowest BCUT2D eigenvalue weighted by atomic mass is 10.4. The first-order valence-electron chi connectivity index (χ1n) is 11.3. The molecule has 34 heavy (non-hydrogen) atoms. The molecule has 3 aromatic rings. The molecule has 8 heteroatoms. The van der Waals surface area contributed by atoms with Crippen molar-refractivity contribution in [3.63, 3.8) is 0 Å². The highest BCUT2D eigenvalue weighted by Gasteiger charge is 1.97. The van der Waals surface area contributed by atoms with Gasteiger partial charge in [-0.1, -0.05) is 78.6 Å². The van der Waals surface area contributed by atoms with Crippen LogP contribution in [0.25, 0.3) is 0 Å². The Labute approximate surface area is 214 Å². The van der Waals surface area contributed by atoms with Gasteiger partial charge in [0.25, 0.3) is 0 Å². The molecule has 0 aliphatic rings. The summed E-state index contributed by atoms with van der Waals surface area (Å²) in [5.41, 5.74) is 1.59. The van der Waals surface area contributed by atoms with Crippen LogP contribution in [0, 0.1) is 38.2 Å². The smallest absolute Gasteiger partial charge is 0.147 e. The van der Waals surface area contributed by atoms with E-state index in [4.69, 9.17) is 23.2 Å². The molecule has 3 aromatic heterocycles. The zero-order valence-corrected chi connectivity index (χ0v) is 23.8. The Kier molecular flexibility index (Phi) is 31.1. The van der Waals surface area contributed by atoms with Crippen LogP contribution in [0.4, 0.5) is 13.2 Å². The molecule has 0 spiro atoms. The van der Waals surface area contributed by atoms with Crippen LogP contribution in [0.15, 0.2) is 42.9 Å². The minimum absolute atomic E-state index is 0.219. The highest BCUT2D eigenvalue weighted by Crippen LogP contribution is 2.09. The predicted octanol–water partition coefficient (Wildman–Crippen LogP) is 10.00. The Morgan fingerprint density at radius 1 is 0.559 bits per heavy atom. The number of hydrogen-bond donors (Lipinski definition) is 0. The van der Waals surface area contributed by atoms with Crippen molar-refractivity contribution in [1.29, 1.82) is 0 Å². The van der Waals surface area contributed by atoms with Gasteiger partial charge in [0.2, 0.25) is 0 Å². The molecule has 0 bridgehead atoms. The zero-order valence-electron chi connectivity index (χ0n) is 22.3. The number of aryl methyl sites for hydroxylation is 3. The second-order valence-electron chi connectivity index (χ2n) is 5.06. The van der Waals surface area contributed by atoms with Gasteiger partial charge in [0.15, 0.2) is 0 Å². The first-order valence-corrected chi connectivity index (χ1v) is 12.1. The number of nitrogens with zero attached hydrogens (tertiary/aromatic N) is 3. The molecule has 194 valence electrons. The van der Waals surface area contributed by atoms with Gasteiger partial charge in [-0.15, -0.1) is 0 Å². The zero-order chi connectivity index (χ0) is 27.7. The third-order valence-electron chi connectivity index (χ3n) is 2.86. The maximum absolute atomic E-state index is 12.4. The fourth-order valence-electron chi connectivity index (χ4n) is 1.42. The van der Waals surface area contributed by atoms with Crippen molar-refractivity contribution in [2.45, 2.75) is 76.2 Å². The van der Waals surface area contributed by atoms with Gasteiger partial charge in [0.05, 0.1) is 27.6 Å². The van der Waals surface area contributed by atoms with Gasteiger partial charge in [0.1, 0.15) is 17.5 Å². The van der Waals surface area contributed by atoms with Crippen LogP contribution in [-0.2, 0) is 0 Å². The van der Waals surface area contributed by atoms with E-state index in [0.717, 1.165) is 18.0 Å². The molecule has 0 radical (unpaired) electrons. The topological polar surface area (TPSA) is 38.7 Å². The lowest BCUT2D eigenvalue weighted by molar-refractivity contribution is 0.565. The third kappa shape index (κ3) is 21.7. The van der Waals surface area contributed by atoms with E-state index in [1.807, 2.05) is 74.4 Å². The van der Waals surface area contributed by atoms with Crippen LogP contribution in [-0.4, -0.2) is 15.0 Å². The number of hydrogen-bond acceptors (Lipinski definition) is 3. The summed E-state index contributed by atoms with van der Waals surface area (Å²) in [7, 11) is 0. The summed E-state index contributed by atoms with van der Waals surface area (Å²) in [5.74, 6) is -1.60. The molecule has 0 unspecified atom stereocenters. The lowest BCUT2D eigenvalue weighted by Crippen LogP contribution is -1.87. The van der Waals surface area contributed by atoms with Gasteiger partial charge >= 0.3 is 0 Å². The second-order valence-corrected chi connectivity index (χ2v) is 5.93. The summed E-state index contributed by atoms with van der Waals surface area (Å²) in [4.78, 5) is 11.0. The Morgan fingerprint density at radius 3 is 1.26 bits per heavy atom. The van der Waals surface area contributed by atoms with E-state index < -0.39 is 11.6 Å². The van der Waals surface area contributed by atoms with E-state index in [2.05, 4.69) is 15.0 Å². The maximum atomic E-state index is 12.4. The molecular weight excluding hydrogens is 482 g/mol. The summed E-state index contributed by atoms with van der Waals surface area (Å²) >= 11 is 11.0. The van der Waals surface area contributed by atoms with Crippen LogP contribution in [0.5, 0.6) is 0 Å². The average molecular weight is 523 g/mol. The largest absolute Gasteiger partial charge is 0.260 e. The van der Waals surface area contributed by atoms with Crippen molar-refractivity contribution in [3.8, 4) is 0 Å². The predicted molar refractivity (Wildman–Crippen MR) is 142 cm³/mol. The summed E-state index contributed by atoms with van der Waals surface area (Å²) in [5, 5.41) is 1.02. The number of halogens is 5. The monoisotopic (exact) mass is 521 g/mol. The van der Waals surface area contributed by atoms with Gasteiger partial charge in [-0.05, 0) is 39.0 Å². The number of pyridine rings is 3.